The normalized spacial score (nSPS) is 12.4. The Morgan fingerprint density at radius 2 is 1.11 bits per heavy atom. The highest BCUT2D eigenvalue weighted by Crippen LogP contribution is 2.37. The average Bonchev–Trinajstić information content (AvgIpc) is 3.84. The van der Waals surface area contributed by atoms with Gasteiger partial charge >= 0.3 is 6.01 Å². The summed E-state index contributed by atoms with van der Waals surface area (Å²) in [6, 6.07) is 71.1. The number of para-hydroxylation sites is 2. The molecule has 0 spiro atoms. The maximum absolute atomic E-state index is 6.34. The second-order valence-electron chi connectivity index (χ2n) is 14.3. The molecule has 55 heavy (non-hydrogen) atoms. The van der Waals surface area contributed by atoms with E-state index in [0.29, 0.717) is 12.6 Å². The molecule has 0 saturated carbocycles. The van der Waals surface area contributed by atoms with E-state index in [1.165, 1.54) is 31.9 Å². The predicted octanol–water partition coefficient (Wildman–Crippen LogP) is 9.53. The number of hydrogen-bond acceptors (Lipinski definition) is 3. The summed E-state index contributed by atoms with van der Waals surface area (Å²) < 4.78 is 14.6. The fraction of sp³-hybridized carbons (Fsp3) is 0.0200. The number of nitrogens with zero attached hydrogens (tertiary/aromatic N) is 2. The van der Waals surface area contributed by atoms with Crippen LogP contribution in [0.5, 0.6) is 6.01 Å². The maximum Gasteiger partial charge on any atom is 0.302 e. The summed E-state index contributed by atoms with van der Waals surface area (Å²) in [6.45, 7) is 0.523. The van der Waals surface area contributed by atoms with Gasteiger partial charge in [0.15, 0.2) is 8.07 Å². The number of hydrogen-bond donors (Lipinski definition) is 0. The minimum Gasteiger partial charge on any atom is -0.459 e. The molecule has 0 aliphatic carbocycles. The zero-order chi connectivity index (χ0) is 36.3. The Kier molecular flexibility index (Phi) is 7.22. The van der Waals surface area contributed by atoms with E-state index in [1.807, 2.05) is 6.07 Å². The van der Waals surface area contributed by atoms with E-state index in [0.717, 1.165) is 55.3 Å². The standard InChI is InChI=1S/C50H34N2O2Si/c1-3-17-38(18-4-1)55(39-19-5-2-6-20-39,41-22-12-16-36(31-41)42-24-13-27-48-49(42)43-23-8-10-26-47(43)54-48)40-21-11-15-34(30-40)35-28-29-46-44(32-35)51-50-52(46)45-25-9-7-14-37(45)33-53-50/h1-32H,33H2. The lowest BCUT2D eigenvalue weighted by Gasteiger charge is -2.35. The monoisotopic (exact) mass is 722 g/mol. The van der Waals surface area contributed by atoms with Crippen molar-refractivity contribution < 1.29 is 9.15 Å². The largest absolute Gasteiger partial charge is 0.459 e. The molecular formula is C50H34N2O2Si. The second kappa shape index (κ2) is 12.6. The van der Waals surface area contributed by atoms with Gasteiger partial charge in [0, 0.05) is 16.3 Å². The summed E-state index contributed by atoms with van der Waals surface area (Å²) in [5.41, 5.74) is 10.7. The highest BCUT2D eigenvalue weighted by molar-refractivity contribution is 7.20. The molecule has 0 saturated heterocycles. The first-order valence-corrected chi connectivity index (χ1v) is 20.7. The summed E-state index contributed by atoms with van der Waals surface area (Å²) in [5.74, 6) is 0. The van der Waals surface area contributed by atoms with Gasteiger partial charge in [-0.3, -0.25) is 4.57 Å². The number of furan rings is 1. The van der Waals surface area contributed by atoms with Crippen molar-refractivity contribution >= 4 is 61.8 Å². The van der Waals surface area contributed by atoms with Crippen molar-refractivity contribution in [2.75, 3.05) is 0 Å². The Balaban J connectivity index is 1.12. The molecule has 0 bridgehead atoms. The first-order chi connectivity index (χ1) is 27.3. The van der Waals surface area contributed by atoms with Gasteiger partial charge in [0.2, 0.25) is 0 Å². The Hall–Kier alpha value is -6.95. The van der Waals surface area contributed by atoms with Crippen LogP contribution in [0.25, 0.3) is 60.9 Å². The van der Waals surface area contributed by atoms with Gasteiger partial charge in [-0.1, -0.05) is 164 Å². The third-order valence-corrected chi connectivity index (χ3v) is 16.0. The highest BCUT2D eigenvalue weighted by atomic mass is 28.3. The molecule has 5 heteroatoms. The van der Waals surface area contributed by atoms with E-state index in [2.05, 4.69) is 193 Å². The zero-order valence-corrected chi connectivity index (χ0v) is 30.9. The van der Waals surface area contributed by atoms with Crippen LogP contribution in [0.4, 0.5) is 0 Å². The van der Waals surface area contributed by atoms with Crippen LogP contribution in [0, 0.1) is 0 Å². The minimum atomic E-state index is -2.90. The van der Waals surface area contributed by atoms with Crippen molar-refractivity contribution in [3.8, 4) is 34.0 Å². The first kappa shape index (κ1) is 31.6. The Labute approximate surface area is 319 Å². The van der Waals surface area contributed by atoms with E-state index in [4.69, 9.17) is 14.1 Å². The molecule has 1 aliphatic heterocycles. The molecular weight excluding hydrogens is 689 g/mol. The first-order valence-electron chi connectivity index (χ1n) is 18.7. The topological polar surface area (TPSA) is 40.2 Å². The number of rotatable bonds is 6. The molecule has 0 fully saturated rings. The van der Waals surface area contributed by atoms with Gasteiger partial charge in [-0.05, 0) is 73.3 Å². The number of ether oxygens (including phenoxy) is 1. The number of benzene rings is 8. The fourth-order valence-electron chi connectivity index (χ4n) is 8.80. The van der Waals surface area contributed by atoms with Gasteiger partial charge in [-0.15, -0.1) is 0 Å². The molecule has 260 valence electrons. The van der Waals surface area contributed by atoms with Gasteiger partial charge in [0.25, 0.3) is 0 Å². The van der Waals surface area contributed by atoms with Crippen molar-refractivity contribution in [3.05, 3.63) is 200 Å². The molecule has 4 nitrogen and oxygen atoms in total. The molecule has 0 unspecified atom stereocenters. The average molecular weight is 723 g/mol. The number of imidazole rings is 1. The molecule has 0 atom stereocenters. The molecule has 8 aromatic carbocycles. The third-order valence-electron chi connectivity index (χ3n) is 11.3. The second-order valence-corrected chi connectivity index (χ2v) is 18.1. The lowest BCUT2D eigenvalue weighted by molar-refractivity contribution is 0.265. The van der Waals surface area contributed by atoms with Crippen LogP contribution < -0.4 is 25.5 Å². The predicted molar refractivity (Wildman–Crippen MR) is 227 cm³/mol. The SMILES string of the molecule is c1ccc([Si](c2ccccc2)(c2cccc(-c3ccc4c(c3)nc3n4-c4ccccc4CO3)c2)c2cccc(-c3cccc4oc5ccccc5c34)c2)cc1. The summed E-state index contributed by atoms with van der Waals surface area (Å²) >= 11 is 0. The summed E-state index contributed by atoms with van der Waals surface area (Å²) in [5, 5.41) is 7.57. The quantitative estimate of drug-likeness (QED) is 0.127. The van der Waals surface area contributed by atoms with Gasteiger partial charge in [-0.25, -0.2) is 0 Å². The maximum atomic E-state index is 6.34. The van der Waals surface area contributed by atoms with Crippen molar-refractivity contribution in [2.24, 2.45) is 0 Å². The van der Waals surface area contributed by atoms with Crippen LogP contribution in [0.3, 0.4) is 0 Å². The van der Waals surface area contributed by atoms with Gasteiger partial charge in [0.05, 0.1) is 16.7 Å². The van der Waals surface area contributed by atoms with E-state index in [-0.39, 0.29) is 0 Å². The van der Waals surface area contributed by atoms with E-state index in [9.17, 15) is 0 Å². The van der Waals surface area contributed by atoms with Crippen LogP contribution in [-0.4, -0.2) is 17.6 Å². The molecule has 0 amide bonds. The number of fused-ring (bicyclic) bond motifs is 8. The molecule has 10 aromatic rings. The Bertz CT molecular complexity index is 3020. The summed E-state index contributed by atoms with van der Waals surface area (Å²) in [6.07, 6.45) is 0. The van der Waals surface area contributed by atoms with Crippen LogP contribution in [0.15, 0.2) is 199 Å². The van der Waals surface area contributed by atoms with E-state index in [1.54, 1.807) is 0 Å². The minimum absolute atomic E-state index is 0.523. The molecule has 3 heterocycles. The molecule has 1 aliphatic rings. The Morgan fingerprint density at radius 1 is 0.491 bits per heavy atom. The van der Waals surface area contributed by atoms with Gasteiger partial charge < -0.3 is 9.15 Å². The molecule has 0 radical (unpaired) electrons. The van der Waals surface area contributed by atoms with Crippen LogP contribution >= 0.6 is 0 Å². The van der Waals surface area contributed by atoms with Crippen molar-refractivity contribution in [1.82, 2.24) is 9.55 Å². The summed E-state index contributed by atoms with van der Waals surface area (Å²) in [4.78, 5) is 4.97. The summed E-state index contributed by atoms with van der Waals surface area (Å²) in [7, 11) is -2.90. The lowest BCUT2D eigenvalue weighted by Crippen LogP contribution is -2.74. The molecule has 0 N–H and O–H groups in total. The third kappa shape index (κ3) is 4.94. The smallest absolute Gasteiger partial charge is 0.302 e. The Morgan fingerprint density at radius 3 is 1.91 bits per heavy atom. The van der Waals surface area contributed by atoms with Crippen molar-refractivity contribution in [3.63, 3.8) is 0 Å². The zero-order valence-electron chi connectivity index (χ0n) is 29.9. The van der Waals surface area contributed by atoms with Gasteiger partial charge in [0.1, 0.15) is 17.8 Å². The lowest BCUT2D eigenvalue weighted by atomic mass is 9.99. The van der Waals surface area contributed by atoms with E-state index >= 15 is 0 Å². The molecule has 11 rings (SSSR count). The van der Waals surface area contributed by atoms with E-state index < -0.39 is 8.07 Å². The van der Waals surface area contributed by atoms with Gasteiger partial charge in [-0.2, -0.15) is 4.98 Å². The number of aromatic nitrogens is 2. The van der Waals surface area contributed by atoms with Crippen molar-refractivity contribution in [2.45, 2.75) is 6.61 Å². The highest BCUT2D eigenvalue weighted by Gasteiger charge is 2.41. The van der Waals surface area contributed by atoms with Crippen LogP contribution in [-0.2, 0) is 6.61 Å². The van der Waals surface area contributed by atoms with Crippen molar-refractivity contribution in [1.29, 1.82) is 0 Å². The molecule has 2 aromatic heterocycles. The van der Waals surface area contributed by atoms with Crippen LogP contribution in [0.2, 0.25) is 0 Å². The van der Waals surface area contributed by atoms with Crippen LogP contribution in [0.1, 0.15) is 5.56 Å². The fourth-order valence-corrected chi connectivity index (χ4v) is 13.6.